The van der Waals surface area contributed by atoms with E-state index in [0.717, 1.165) is 31.4 Å². The van der Waals surface area contributed by atoms with Crippen LogP contribution in [0.2, 0.25) is 0 Å². The van der Waals surface area contributed by atoms with E-state index in [1.165, 1.54) is 18.6 Å². The quantitative estimate of drug-likeness (QED) is 0.900. The molecular weight excluding hydrogens is 327 g/mol. The maximum Gasteiger partial charge on any atom is 0.417 e. The van der Waals surface area contributed by atoms with Crippen LogP contribution in [0.3, 0.4) is 0 Å². The van der Waals surface area contributed by atoms with E-state index in [-0.39, 0.29) is 12.0 Å². The Labute approximate surface area is 134 Å². The van der Waals surface area contributed by atoms with Gasteiger partial charge in [-0.15, -0.1) is 0 Å². The van der Waals surface area contributed by atoms with E-state index in [1.54, 1.807) is 6.92 Å². The lowest BCUT2D eigenvalue weighted by atomic mass is 9.84. The summed E-state index contributed by atoms with van der Waals surface area (Å²) in [5.74, 6) is 1.37. The fraction of sp³-hybridized carbons (Fsp3) is 0.625. The zero-order chi connectivity index (χ0) is 16.8. The van der Waals surface area contributed by atoms with Gasteiger partial charge in [0, 0.05) is 6.04 Å². The Morgan fingerprint density at radius 1 is 1.17 bits per heavy atom. The lowest BCUT2D eigenvalue weighted by Gasteiger charge is -2.28. The number of sulfonamides is 1. The number of benzene rings is 1. The average molecular weight is 347 g/mol. The molecule has 1 aromatic carbocycles. The second kappa shape index (κ2) is 5.77. The molecule has 0 aliphatic heterocycles. The highest BCUT2D eigenvalue weighted by atomic mass is 32.2. The number of fused-ring (bicyclic) bond motifs is 2. The molecule has 2 fully saturated rings. The van der Waals surface area contributed by atoms with E-state index in [1.807, 2.05) is 0 Å². The summed E-state index contributed by atoms with van der Waals surface area (Å²) in [6, 6.07) is 3.97. The van der Waals surface area contributed by atoms with Gasteiger partial charge in [0.15, 0.2) is 0 Å². The number of rotatable bonds is 4. The van der Waals surface area contributed by atoms with Crippen molar-refractivity contribution in [2.75, 3.05) is 0 Å². The van der Waals surface area contributed by atoms with Gasteiger partial charge in [0.2, 0.25) is 10.0 Å². The molecule has 2 saturated carbocycles. The number of hydrogen-bond acceptors (Lipinski definition) is 2. The summed E-state index contributed by atoms with van der Waals surface area (Å²) < 4.78 is 66.5. The van der Waals surface area contributed by atoms with Crippen molar-refractivity contribution in [1.29, 1.82) is 0 Å². The minimum absolute atomic E-state index is 0.224. The molecule has 3 rings (SSSR count). The molecular formula is C16H20F3NO2S. The molecule has 1 N–H and O–H groups in total. The van der Waals surface area contributed by atoms with Crippen LogP contribution in [-0.4, -0.2) is 14.5 Å². The van der Waals surface area contributed by atoms with Crippen molar-refractivity contribution in [3.05, 3.63) is 29.8 Å². The second-order valence-electron chi connectivity index (χ2n) is 6.74. The first-order chi connectivity index (χ1) is 10.7. The molecule has 0 spiro atoms. The molecule has 1 aromatic rings. The van der Waals surface area contributed by atoms with Crippen LogP contribution in [0.4, 0.5) is 13.2 Å². The van der Waals surface area contributed by atoms with Crippen molar-refractivity contribution < 1.29 is 21.6 Å². The number of halogens is 3. The Balaban J connectivity index is 1.82. The zero-order valence-corrected chi connectivity index (χ0v) is 13.6. The minimum atomic E-state index is -4.69. The smallest absolute Gasteiger partial charge is 0.208 e. The third kappa shape index (κ3) is 3.26. The van der Waals surface area contributed by atoms with Gasteiger partial charge in [0.05, 0.1) is 10.5 Å². The van der Waals surface area contributed by atoms with E-state index in [0.29, 0.717) is 11.8 Å². The summed E-state index contributed by atoms with van der Waals surface area (Å²) in [4.78, 5) is -0.692. The second-order valence-corrected chi connectivity index (χ2v) is 8.42. The van der Waals surface area contributed by atoms with Gasteiger partial charge in [-0.1, -0.05) is 18.6 Å². The Kier molecular flexibility index (Phi) is 4.21. The van der Waals surface area contributed by atoms with Gasteiger partial charge in [0.1, 0.15) is 0 Å². The number of nitrogens with one attached hydrogen (secondary N) is 1. The highest BCUT2D eigenvalue weighted by molar-refractivity contribution is 7.89. The van der Waals surface area contributed by atoms with E-state index in [2.05, 4.69) is 4.72 Å². The van der Waals surface area contributed by atoms with Crippen LogP contribution < -0.4 is 4.72 Å². The molecule has 0 saturated heterocycles. The first-order valence-electron chi connectivity index (χ1n) is 7.87. The molecule has 0 amide bonds. The minimum Gasteiger partial charge on any atom is -0.208 e. The van der Waals surface area contributed by atoms with Gasteiger partial charge in [-0.25, -0.2) is 13.1 Å². The van der Waals surface area contributed by atoms with Crippen LogP contribution in [0.15, 0.2) is 29.2 Å². The third-order valence-electron chi connectivity index (χ3n) is 5.26. The molecule has 0 heterocycles. The van der Waals surface area contributed by atoms with Crippen molar-refractivity contribution in [2.45, 2.75) is 49.7 Å². The van der Waals surface area contributed by atoms with Crippen LogP contribution >= 0.6 is 0 Å². The van der Waals surface area contributed by atoms with Crippen molar-refractivity contribution in [3.8, 4) is 0 Å². The van der Waals surface area contributed by atoms with Crippen LogP contribution in [0, 0.1) is 17.8 Å². The zero-order valence-electron chi connectivity index (χ0n) is 12.8. The molecule has 2 aliphatic carbocycles. The third-order valence-corrected chi connectivity index (χ3v) is 6.88. The molecule has 4 atom stereocenters. The van der Waals surface area contributed by atoms with Crippen molar-refractivity contribution in [3.63, 3.8) is 0 Å². The van der Waals surface area contributed by atoms with Crippen LogP contribution in [0.5, 0.6) is 0 Å². The summed E-state index contributed by atoms with van der Waals surface area (Å²) in [5, 5.41) is 0. The van der Waals surface area contributed by atoms with Gasteiger partial charge in [-0.05, 0) is 56.1 Å². The van der Waals surface area contributed by atoms with Gasteiger partial charge in [-0.3, -0.25) is 0 Å². The van der Waals surface area contributed by atoms with Crippen molar-refractivity contribution in [2.24, 2.45) is 17.8 Å². The monoisotopic (exact) mass is 347 g/mol. The highest BCUT2D eigenvalue weighted by Crippen LogP contribution is 2.49. The van der Waals surface area contributed by atoms with E-state index in [4.69, 9.17) is 0 Å². The summed E-state index contributed by atoms with van der Waals surface area (Å²) in [6.07, 6.45) is -0.315. The van der Waals surface area contributed by atoms with Gasteiger partial charge < -0.3 is 0 Å². The lowest BCUT2D eigenvalue weighted by Crippen LogP contribution is -2.40. The predicted molar refractivity (Wildman–Crippen MR) is 80.2 cm³/mol. The Hall–Kier alpha value is -1.08. The molecule has 23 heavy (non-hydrogen) atoms. The first-order valence-corrected chi connectivity index (χ1v) is 9.35. The molecule has 0 aromatic heterocycles. The lowest BCUT2D eigenvalue weighted by molar-refractivity contribution is -0.139. The fourth-order valence-corrected chi connectivity index (χ4v) is 5.76. The Bertz CT molecular complexity index is 687. The molecule has 2 bridgehead atoms. The first kappa shape index (κ1) is 16.8. The van der Waals surface area contributed by atoms with E-state index < -0.39 is 26.7 Å². The van der Waals surface area contributed by atoms with Crippen LogP contribution in [0.25, 0.3) is 0 Å². The SMILES string of the molecule is CC(NS(=O)(=O)c1ccccc1C(F)(F)F)C1CC2CCC1C2. The van der Waals surface area contributed by atoms with Crippen LogP contribution in [0.1, 0.15) is 38.2 Å². The summed E-state index contributed by atoms with van der Waals surface area (Å²) >= 11 is 0. The van der Waals surface area contributed by atoms with Crippen LogP contribution in [-0.2, 0) is 16.2 Å². The van der Waals surface area contributed by atoms with Gasteiger partial charge in [-0.2, -0.15) is 13.2 Å². The standard InChI is InChI=1S/C16H20F3NO2S/c1-10(13-9-11-6-7-12(13)8-11)20-23(21,22)15-5-3-2-4-14(15)16(17,18)19/h2-5,10-13,20H,6-9H2,1H3. The number of hydrogen-bond donors (Lipinski definition) is 1. The van der Waals surface area contributed by atoms with E-state index >= 15 is 0 Å². The van der Waals surface area contributed by atoms with Crippen molar-refractivity contribution >= 4 is 10.0 Å². The summed E-state index contributed by atoms with van der Waals surface area (Å²) in [6.45, 7) is 1.76. The van der Waals surface area contributed by atoms with Gasteiger partial charge in [0.25, 0.3) is 0 Å². The highest BCUT2D eigenvalue weighted by Gasteiger charge is 2.43. The Morgan fingerprint density at radius 3 is 2.43 bits per heavy atom. The summed E-state index contributed by atoms with van der Waals surface area (Å²) in [7, 11) is -4.20. The molecule has 3 nitrogen and oxygen atoms in total. The molecule has 0 radical (unpaired) electrons. The fourth-order valence-electron chi connectivity index (χ4n) is 4.24. The molecule has 4 unspecified atom stereocenters. The largest absolute Gasteiger partial charge is 0.417 e. The van der Waals surface area contributed by atoms with E-state index in [9.17, 15) is 21.6 Å². The normalized spacial score (nSPS) is 29.0. The number of alkyl halides is 3. The van der Waals surface area contributed by atoms with Gasteiger partial charge >= 0.3 is 6.18 Å². The summed E-state index contributed by atoms with van der Waals surface area (Å²) in [5.41, 5.74) is -1.12. The molecule has 128 valence electrons. The van der Waals surface area contributed by atoms with Crippen molar-refractivity contribution in [1.82, 2.24) is 4.72 Å². The molecule has 7 heteroatoms. The average Bonchev–Trinajstić information content (AvgIpc) is 3.08. The molecule has 2 aliphatic rings. The maximum absolute atomic E-state index is 13.0. The predicted octanol–water partition coefficient (Wildman–Crippen LogP) is 3.81. The maximum atomic E-state index is 13.0. The topological polar surface area (TPSA) is 46.2 Å². The Morgan fingerprint density at radius 2 is 1.87 bits per heavy atom.